The van der Waals surface area contributed by atoms with Gasteiger partial charge in [-0.05, 0) is 30.3 Å². The van der Waals surface area contributed by atoms with Crippen LogP contribution in [0.1, 0.15) is 0 Å². The molecule has 18 heavy (non-hydrogen) atoms. The predicted molar refractivity (Wildman–Crippen MR) is 73.7 cm³/mol. The first-order valence-electron chi connectivity index (χ1n) is 5.86. The van der Waals surface area contributed by atoms with Crippen molar-refractivity contribution in [2.45, 2.75) is 0 Å². The van der Waals surface area contributed by atoms with Gasteiger partial charge in [0.25, 0.3) is 0 Å². The molecule has 0 fully saturated rings. The molecule has 1 aromatic heterocycles. The maximum Gasteiger partial charge on any atom is 0.135 e. The van der Waals surface area contributed by atoms with Gasteiger partial charge in [-0.2, -0.15) is 0 Å². The third-order valence-electron chi connectivity index (χ3n) is 2.90. The zero-order chi connectivity index (χ0) is 13.0. The Labute approximate surface area is 107 Å². The van der Waals surface area contributed by atoms with Crippen LogP contribution in [0.25, 0.3) is 11.3 Å². The fourth-order valence-electron chi connectivity index (χ4n) is 1.78. The maximum atomic E-state index is 5.98. The lowest BCUT2D eigenvalue weighted by molar-refractivity contribution is 0.206. The number of hydrogen-bond acceptors (Lipinski definition) is 4. The maximum absolute atomic E-state index is 5.98. The van der Waals surface area contributed by atoms with Crippen molar-refractivity contribution in [3.05, 3.63) is 36.6 Å². The minimum absolute atomic E-state index is 0.691. The summed E-state index contributed by atoms with van der Waals surface area (Å²) in [4.78, 5) is 2.12. The second-order valence-electron chi connectivity index (χ2n) is 4.16. The Hall–Kier alpha value is -1.94. The van der Waals surface area contributed by atoms with E-state index in [2.05, 4.69) is 4.90 Å². The van der Waals surface area contributed by atoms with Crippen LogP contribution in [0, 0.1) is 0 Å². The standard InChI is InChI=1S/C14H18N2O2/c1-16(7-9-17-2)11-5-6-13(15)12(10-11)14-4-3-8-18-14/h3-6,8,10H,7,9,15H2,1-2H3. The lowest BCUT2D eigenvalue weighted by Crippen LogP contribution is -2.22. The number of benzene rings is 1. The van der Waals surface area contributed by atoms with E-state index in [1.165, 1.54) is 0 Å². The van der Waals surface area contributed by atoms with E-state index in [9.17, 15) is 0 Å². The van der Waals surface area contributed by atoms with Gasteiger partial charge < -0.3 is 19.8 Å². The largest absolute Gasteiger partial charge is 0.464 e. The van der Waals surface area contributed by atoms with Crippen LogP contribution in [0.3, 0.4) is 0 Å². The number of nitrogens with zero attached hydrogens (tertiary/aromatic N) is 1. The van der Waals surface area contributed by atoms with Crippen molar-refractivity contribution in [3.63, 3.8) is 0 Å². The molecule has 2 aromatic rings. The van der Waals surface area contributed by atoms with Crippen LogP contribution in [0.15, 0.2) is 41.0 Å². The van der Waals surface area contributed by atoms with E-state index in [1.54, 1.807) is 13.4 Å². The first-order valence-corrected chi connectivity index (χ1v) is 5.86. The first-order chi connectivity index (χ1) is 8.72. The van der Waals surface area contributed by atoms with Gasteiger partial charge in [-0.1, -0.05) is 0 Å². The molecule has 0 saturated carbocycles. The van der Waals surface area contributed by atoms with Crippen molar-refractivity contribution in [2.24, 2.45) is 0 Å². The van der Waals surface area contributed by atoms with E-state index >= 15 is 0 Å². The molecule has 0 aliphatic heterocycles. The lowest BCUT2D eigenvalue weighted by atomic mass is 10.1. The molecule has 2 N–H and O–H groups in total. The average Bonchev–Trinajstić information content (AvgIpc) is 2.90. The normalized spacial score (nSPS) is 10.6. The highest BCUT2D eigenvalue weighted by Crippen LogP contribution is 2.30. The molecule has 1 heterocycles. The summed E-state index contributed by atoms with van der Waals surface area (Å²) >= 11 is 0. The van der Waals surface area contributed by atoms with Crippen LogP contribution >= 0.6 is 0 Å². The van der Waals surface area contributed by atoms with Crippen molar-refractivity contribution >= 4 is 11.4 Å². The molecule has 0 spiro atoms. The summed E-state index contributed by atoms with van der Waals surface area (Å²) < 4.78 is 10.5. The monoisotopic (exact) mass is 246 g/mol. The Morgan fingerprint density at radius 2 is 2.17 bits per heavy atom. The van der Waals surface area contributed by atoms with Crippen LogP contribution in [0.5, 0.6) is 0 Å². The molecule has 0 atom stereocenters. The average molecular weight is 246 g/mol. The second kappa shape index (κ2) is 5.60. The quantitative estimate of drug-likeness (QED) is 0.824. The Bertz CT molecular complexity index is 495. The first kappa shape index (κ1) is 12.5. The Morgan fingerprint density at radius 3 is 2.83 bits per heavy atom. The van der Waals surface area contributed by atoms with Crippen LogP contribution in [-0.2, 0) is 4.74 Å². The fraction of sp³-hybridized carbons (Fsp3) is 0.286. The fourth-order valence-corrected chi connectivity index (χ4v) is 1.78. The Kier molecular flexibility index (Phi) is 3.89. The van der Waals surface area contributed by atoms with Gasteiger partial charge in [0.2, 0.25) is 0 Å². The van der Waals surface area contributed by atoms with Crippen molar-refractivity contribution in [1.29, 1.82) is 0 Å². The van der Waals surface area contributed by atoms with Crippen LogP contribution in [0.4, 0.5) is 11.4 Å². The highest BCUT2D eigenvalue weighted by molar-refractivity contribution is 5.76. The summed E-state index contributed by atoms with van der Waals surface area (Å²) in [5, 5.41) is 0. The smallest absolute Gasteiger partial charge is 0.135 e. The van der Waals surface area contributed by atoms with Gasteiger partial charge in [0.05, 0.1) is 12.9 Å². The zero-order valence-electron chi connectivity index (χ0n) is 10.7. The van der Waals surface area contributed by atoms with Gasteiger partial charge in [0.15, 0.2) is 0 Å². The summed E-state index contributed by atoms with van der Waals surface area (Å²) in [6.45, 7) is 1.52. The highest BCUT2D eigenvalue weighted by atomic mass is 16.5. The van der Waals surface area contributed by atoms with Gasteiger partial charge >= 0.3 is 0 Å². The van der Waals surface area contributed by atoms with E-state index in [4.69, 9.17) is 14.9 Å². The lowest BCUT2D eigenvalue weighted by Gasteiger charge is -2.19. The summed E-state index contributed by atoms with van der Waals surface area (Å²) in [5.74, 6) is 0.787. The SMILES string of the molecule is COCCN(C)c1ccc(N)c(-c2ccco2)c1. The highest BCUT2D eigenvalue weighted by Gasteiger charge is 2.08. The van der Waals surface area contributed by atoms with E-state index in [0.29, 0.717) is 12.3 Å². The number of rotatable bonds is 5. The summed E-state index contributed by atoms with van der Waals surface area (Å²) in [7, 11) is 3.72. The molecule has 4 nitrogen and oxygen atoms in total. The molecule has 0 unspecified atom stereocenters. The number of ether oxygens (including phenoxy) is 1. The second-order valence-corrected chi connectivity index (χ2v) is 4.16. The number of furan rings is 1. The predicted octanol–water partition coefficient (Wildman–Crippen LogP) is 2.61. The molecule has 0 aliphatic carbocycles. The third-order valence-corrected chi connectivity index (χ3v) is 2.90. The molecule has 0 aliphatic rings. The van der Waals surface area contributed by atoms with Gasteiger partial charge in [-0.25, -0.2) is 0 Å². The molecule has 0 saturated heterocycles. The molecule has 96 valence electrons. The van der Waals surface area contributed by atoms with Gasteiger partial charge in [0, 0.05) is 37.6 Å². The minimum Gasteiger partial charge on any atom is -0.464 e. The molecular weight excluding hydrogens is 228 g/mol. The minimum atomic E-state index is 0.691. The number of likely N-dealkylation sites (N-methyl/N-ethyl adjacent to an activating group) is 1. The summed E-state index contributed by atoms with van der Waals surface area (Å²) in [6.07, 6.45) is 1.65. The molecule has 0 bridgehead atoms. The van der Waals surface area contributed by atoms with Crippen molar-refractivity contribution in [2.75, 3.05) is 37.9 Å². The molecule has 4 heteroatoms. The number of hydrogen-bond donors (Lipinski definition) is 1. The Morgan fingerprint density at radius 1 is 1.33 bits per heavy atom. The molecule has 0 amide bonds. The van der Waals surface area contributed by atoms with E-state index in [-0.39, 0.29) is 0 Å². The molecule has 0 radical (unpaired) electrons. The zero-order valence-corrected chi connectivity index (χ0v) is 10.7. The number of nitrogens with two attached hydrogens (primary N) is 1. The van der Waals surface area contributed by atoms with Crippen LogP contribution in [0.2, 0.25) is 0 Å². The van der Waals surface area contributed by atoms with E-state index < -0.39 is 0 Å². The topological polar surface area (TPSA) is 51.6 Å². The van der Waals surface area contributed by atoms with Crippen LogP contribution < -0.4 is 10.6 Å². The Balaban J connectivity index is 2.26. The number of nitrogen functional groups attached to an aromatic ring is 1. The van der Waals surface area contributed by atoms with Gasteiger partial charge in [-0.3, -0.25) is 0 Å². The van der Waals surface area contributed by atoms with Crippen LogP contribution in [-0.4, -0.2) is 27.3 Å². The van der Waals surface area contributed by atoms with Gasteiger partial charge in [-0.15, -0.1) is 0 Å². The summed E-state index contributed by atoms with van der Waals surface area (Å²) in [5.41, 5.74) is 8.70. The van der Waals surface area contributed by atoms with Crippen molar-refractivity contribution < 1.29 is 9.15 Å². The molecule has 2 rings (SSSR count). The molecular formula is C14H18N2O2. The van der Waals surface area contributed by atoms with Gasteiger partial charge in [0.1, 0.15) is 5.76 Å². The molecule has 1 aromatic carbocycles. The number of anilines is 2. The third kappa shape index (κ3) is 2.65. The van der Waals surface area contributed by atoms with E-state index in [1.807, 2.05) is 37.4 Å². The van der Waals surface area contributed by atoms with Crippen molar-refractivity contribution in [1.82, 2.24) is 0 Å². The van der Waals surface area contributed by atoms with Crippen molar-refractivity contribution in [3.8, 4) is 11.3 Å². The van der Waals surface area contributed by atoms with E-state index in [0.717, 1.165) is 23.6 Å². The summed E-state index contributed by atoms with van der Waals surface area (Å²) in [6, 6.07) is 9.69. The number of methoxy groups -OCH3 is 1.